The van der Waals surface area contributed by atoms with Crippen LogP contribution >= 0.6 is 0 Å². The molecule has 0 saturated heterocycles. The molecule has 0 bridgehead atoms. The molecule has 0 N–H and O–H groups in total. The third kappa shape index (κ3) is 4.17. The summed E-state index contributed by atoms with van der Waals surface area (Å²) in [5.74, 6) is -0.901. The first-order valence-electron chi connectivity index (χ1n) is 8.75. The fourth-order valence-corrected chi connectivity index (χ4v) is 4.04. The van der Waals surface area contributed by atoms with E-state index in [0.717, 1.165) is 17.5 Å². The highest BCUT2D eigenvalue weighted by molar-refractivity contribution is 7.92. The van der Waals surface area contributed by atoms with E-state index in [2.05, 4.69) is 0 Å². The standard InChI is InChI=1S/C20H22N2O5S/c1-21(2)17-7-4-14(5-8-17)20(24)27-13-19(23)16-6-9-18-15(12-16)10-11-22(18)28(3,25)26/h4-9,12H,10-11,13H2,1-3H3. The van der Waals surface area contributed by atoms with E-state index < -0.39 is 16.0 Å². The van der Waals surface area contributed by atoms with E-state index in [-0.39, 0.29) is 12.4 Å². The van der Waals surface area contributed by atoms with Gasteiger partial charge in [-0.25, -0.2) is 13.2 Å². The van der Waals surface area contributed by atoms with Crippen molar-refractivity contribution in [1.82, 2.24) is 0 Å². The normalized spacial score (nSPS) is 13.2. The topological polar surface area (TPSA) is 84.0 Å². The Bertz CT molecular complexity index is 1010. The van der Waals surface area contributed by atoms with Crippen LogP contribution in [-0.2, 0) is 21.2 Å². The van der Waals surface area contributed by atoms with Gasteiger partial charge >= 0.3 is 5.97 Å². The monoisotopic (exact) mass is 402 g/mol. The van der Waals surface area contributed by atoms with Gasteiger partial charge in [0.05, 0.1) is 17.5 Å². The molecule has 1 aliphatic rings. The number of ketones is 1. The van der Waals surface area contributed by atoms with Crippen LogP contribution in [0.25, 0.3) is 0 Å². The summed E-state index contributed by atoms with van der Waals surface area (Å²) < 4.78 is 30.0. The lowest BCUT2D eigenvalue weighted by Gasteiger charge is -2.16. The van der Waals surface area contributed by atoms with Crippen molar-refractivity contribution in [3.05, 3.63) is 59.2 Å². The third-order valence-corrected chi connectivity index (χ3v) is 5.79. The number of ether oxygens (including phenoxy) is 1. The van der Waals surface area contributed by atoms with Crippen LogP contribution in [0.5, 0.6) is 0 Å². The summed E-state index contributed by atoms with van der Waals surface area (Å²) in [5.41, 5.74) is 3.11. The molecule has 0 aliphatic carbocycles. The van der Waals surface area contributed by atoms with Crippen molar-refractivity contribution >= 4 is 33.2 Å². The van der Waals surface area contributed by atoms with E-state index in [1.807, 2.05) is 19.0 Å². The summed E-state index contributed by atoms with van der Waals surface area (Å²) in [6.07, 6.45) is 1.70. The number of rotatable bonds is 6. The highest BCUT2D eigenvalue weighted by Gasteiger charge is 2.26. The van der Waals surface area contributed by atoms with Gasteiger partial charge in [0.2, 0.25) is 10.0 Å². The minimum atomic E-state index is -3.33. The van der Waals surface area contributed by atoms with Crippen LogP contribution in [0.2, 0.25) is 0 Å². The first-order valence-corrected chi connectivity index (χ1v) is 10.6. The number of anilines is 2. The molecule has 0 amide bonds. The molecule has 0 unspecified atom stereocenters. The second-order valence-electron chi connectivity index (χ2n) is 6.87. The van der Waals surface area contributed by atoms with Crippen molar-refractivity contribution in [1.29, 1.82) is 0 Å². The molecule has 0 spiro atoms. The van der Waals surface area contributed by atoms with Gasteiger partial charge in [-0.2, -0.15) is 0 Å². The van der Waals surface area contributed by atoms with Crippen molar-refractivity contribution < 1.29 is 22.7 Å². The minimum Gasteiger partial charge on any atom is -0.454 e. The summed E-state index contributed by atoms with van der Waals surface area (Å²) in [4.78, 5) is 26.4. The molecule has 0 fully saturated rings. The molecule has 7 nitrogen and oxygen atoms in total. The van der Waals surface area contributed by atoms with Crippen molar-refractivity contribution in [2.24, 2.45) is 0 Å². The van der Waals surface area contributed by atoms with Crippen LogP contribution in [0, 0.1) is 0 Å². The molecule has 0 aromatic heterocycles. The number of sulfonamides is 1. The lowest BCUT2D eigenvalue weighted by molar-refractivity contribution is 0.0475. The number of Topliss-reactive ketones (excluding diaryl/α,β-unsaturated/α-hetero) is 1. The predicted octanol–water partition coefficient (Wildman–Crippen LogP) is 2.11. The van der Waals surface area contributed by atoms with E-state index in [4.69, 9.17) is 4.74 Å². The number of fused-ring (bicyclic) bond motifs is 1. The van der Waals surface area contributed by atoms with E-state index >= 15 is 0 Å². The highest BCUT2D eigenvalue weighted by atomic mass is 32.2. The molecule has 0 atom stereocenters. The van der Waals surface area contributed by atoms with Crippen molar-refractivity contribution in [2.45, 2.75) is 6.42 Å². The second-order valence-corrected chi connectivity index (χ2v) is 8.78. The van der Waals surface area contributed by atoms with Gasteiger partial charge in [-0.15, -0.1) is 0 Å². The maximum absolute atomic E-state index is 12.4. The Morgan fingerprint density at radius 2 is 1.71 bits per heavy atom. The van der Waals surface area contributed by atoms with Crippen LogP contribution in [0.3, 0.4) is 0 Å². The van der Waals surface area contributed by atoms with E-state index in [0.29, 0.717) is 29.8 Å². The molecule has 2 aromatic rings. The number of hydrogen-bond donors (Lipinski definition) is 0. The Morgan fingerprint density at radius 1 is 1.07 bits per heavy atom. The van der Waals surface area contributed by atoms with Gasteiger partial charge in [0, 0.05) is 31.9 Å². The Kier molecular flexibility index (Phi) is 5.42. The number of nitrogens with zero attached hydrogens (tertiary/aromatic N) is 2. The average molecular weight is 402 g/mol. The summed E-state index contributed by atoms with van der Waals surface area (Å²) in [6, 6.07) is 11.7. The number of carbonyl (C=O) groups excluding carboxylic acids is 2. The fraction of sp³-hybridized carbons (Fsp3) is 0.300. The lowest BCUT2D eigenvalue weighted by atomic mass is 10.1. The highest BCUT2D eigenvalue weighted by Crippen LogP contribution is 2.30. The third-order valence-electron chi connectivity index (χ3n) is 4.61. The summed E-state index contributed by atoms with van der Waals surface area (Å²) in [5, 5.41) is 0. The molecule has 0 radical (unpaired) electrons. The van der Waals surface area contributed by atoms with Gasteiger partial charge in [0.15, 0.2) is 12.4 Å². The van der Waals surface area contributed by atoms with Crippen molar-refractivity contribution in [2.75, 3.05) is 42.7 Å². The average Bonchev–Trinajstić information content (AvgIpc) is 3.09. The second kappa shape index (κ2) is 7.63. The zero-order chi connectivity index (χ0) is 20.5. The van der Waals surface area contributed by atoms with Crippen LogP contribution in [-0.4, -0.2) is 53.7 Å². The molecule has 1 aliphatic heterocycles. The van der Waals surface area contributed by atoms with Crippen molar-refractivity contribution in [3.63, 3.8) is 0 Å². The molecule has 28 heavy (non-hydrogen) atoms. The van der Waals surface area contributed by atoms with Crippen LogP contribution in [0.1, 0.15) is 26.3 Å². The van der Waals surface area contributed by atoms with Gasteiger partial charge in [-0.1, -0.05) is 0 Å². The molecular weight excluding hydrogens is 380 g/mol. The summed E-state index contributed by atoms with van der Waals surface area (Å²) in [6.45, 7) is -0.00736. The fourth-order valence-electron chi connectivity index (χ4n) is 3.08. The predicted molar refractivity (Wildman–Crippen MR) is 108 cm³/mol. The maximum atomic E-state index is 12.4. The number of carbonyl (C=O) groups is 2. The first kappa shape index (κ1) is 19.9. The molecule has 148 valence electrons. The van der Waals surface area contributed by atoms with E-state index in [9.17, 15) is 18.0 Å². The molecule has 8 heteroatoms. The molecule has 0 saturated carbocycles. The molecular formula is C20H22N2O5S. The van der Waals surface area contributed by atoms with Crippen LogP contribution in [0.15, 0.2) is 42.5 Å². The molecule has 2 aromatic carbocycles. The van der Waals surface area contributed by atoms with Gasteiger partial charge in [-0.05, 0) is 54.4 Å². The van der Waals surface area contributed by atoms with Crippen LogP contribution in [0.4, 0.5) is 11.4 Å². The Morgan fingerprint density at radius 3 is 2.32 bits per heavy atom. The van der Waals surface area contributed by atoms with Crippen LogP contribution < -0.4 is 9.21 Å². The summed E-state index contributed by atoms with van der Waals surface area (Å²) >= 11 is 0. The largest absolute Gasteiger partial charge is 0.454 e. The van der Waals surface area contributed by atoms with Crippen molar-refractivity contribution in [3.8, 4) is 0 Å². The van der Waals surface area contributed by atoms with Gasteiger partial charge in [-0.3, -0.25) is 9.10 Å². The lowest BCUT2D eigenvalue weighted by Crippen LogP contribution is -2.27. The SMILES string of the molecule is CN(C)c1ccc(C(=O)OCC(=O)c2ccc3c(c2)CCN3S(C)(=O)=O)cc1. The summed E-state index contributed by atoms with van der Waals surface area (Å²) in [7, 11) is 0.467. The zero-order valence-corrected chi connectivity index (χ0v) is 16.8. The number of hydrogen-bond acceptors (Lipinski definition) is 6. The Balaban J connectivity index is 1.65. The number of benzene rings is 2. The minimum absolute atomic E-state index is 0.334. The van der Waals surface area contributed by atoms with Gasteiger partial charge < -0.3 is 9.64 Å². The molecule has 1 heterocycles. The number of esters is 1. The molecule has 3 rings (SSSR count). The Hall–Kier alpha value is -2.87. The van der Waals surface area contributed by atoms with E-state index in [1.165, 1.54) is 4.31 Å². The van der Waals surface area contributed by atoms with E-state index in [1.54, 1.807) is 42.5 Å². The quantitative estimate of drug-likeness (QED) is 0.544. The first-order chi connectivity index (χ1) is 13.2. The zero-order valence-electron chi connectivity index (χ0n) is 16.0. The smallest absolute Gasteiger partial charge is 0.338 e. The Labute approximate surface area is 164 Å². The van der Waals surface area contributed by atoms with Gasteiger partial charge in [0.1, 0.15) is 0 Å². The van der Waals surface area contributed by atoms with Gasteiger partial charge in [0.25, 0.3) is 0 Å². The maximum Gasteiger partial charge on any atom is 0.338 e.